The minimum Gasteiger partial charge on any atom is -0.389 e. The van der Waals surface area contributed by atoms with Crippen molar-refractivity contribution in [1.82, 2.24) is 0 Å². The van der Waals surface area contributed by atoms with Gasteiger partial charge in [-0.2, -0.15) is 0 Å². The summed E-state index contributed by atoms with van der Waals surface area (Å²) in [6.07, 6.45) is -3.42. The van der Waals surface area contributed by atoms with Crippen LogP contribution in [0.4, 0.5) is 0 Å². The monoisotopic (exact) mass is 394 g/mol. The summed E-state index contributed by atoms with van der Waals surface area (Å²) in [6.45, 7) is 12.2. The summed E-state index contributed by atoms with van der Waals surface area (Å²) in [5.74, 6) is 0. The van der Waals surface area contributed by atoms with E-state index >= 15 is 0 Å². The minimum absolute atomic E-state index is 0.302. The summed E-state index contributed by atoms with van der Waals surface area (Å²) in [5.41, 5.74) is 6.73. The van der Waals surface area contributed by atoms with Gasteiger partial charge in [0.1, 0.15) is 12.2 Å². The molecule has 0 saturated heterocycles. The third-order valence-corrected chi connectivity index (χ3v) is 8.12. The molecule has 0 radical (unpaired) electrons. The molecule has 0 bridgehead atoms. The molecule has 154 valence electrons. The van der Waals surface area contributed by atoms with Gasteiger partial charge in [-0.1, -0.05) is 53.7 Å². The van der Waals surface area contributed by atoms with Crippen LogP contribution in [0.15, 0.2) is 24.3 Å². The number of aliphatic hydroxyl groups is 4. The van der Waals surface area contributed by atoms with Crippen LogP contribution in [0, 0.1) is 0 Å². The van der Waals surface area contributed by atoms with Crippen molar-refractivity contribution in [3.63, 3.8) is 0 Å². The maximum absolute atomic E-state index is 10.7. The second kappa shape index (κ2) is 5.30. The van der Waals surface area contributed by atoms with E-state index in [1.807, 2.05) is 27.7 Å². The Kier molecular flexibility index (Phi) is 3.52. The number of hydrogen-bond donors (Lipinski definition) is 4. The summed E-state index contributed by atoms with van der Waals surface area (Å²) >= 11 is 0. The van der Waals surface area contributed by atoms with Gasteiger partial charge in [-0.25, -0.2) is 0 Å². The number of hydrogen-bond acceptors (Lipinski definition) is 4. The fourth-order valence-electron chi connectivity index (χ4n) is 5.91. The highest BCUT2D eigenvalue weighted by Crippen LogP contribution is 2.57. The van der Waals surface area contributed by atoms with Gasteiger partial charge >= 0.3 is 0 Å². The van der Waals surface area contributed by atoms with Gasteiger partial charge in [-0.3, -0.25) is 0 Å². The average Bonchev–Trinajstić information content (AvgIpc) is 3.06. The molecule has 0 saturated carbocycles. The summed E-state index contributed by atoms with van der Waals surface area (Å²) in [6, 6.07) is 8.40. The van der Waals surface area contributed by atoms with Crippen molar-refractivity contribution in [2.45, 2.75) is 82.2 Å². The highest BCUT2D eigenvalue weighted by Gasteiger charge is 2.50. The molecule has 29 heavy (non-hydrogen) atoms. The second-order valence-electron chi connectivity index (χ2n) is 10.8. The van der Waals surface area contributed by atoms with Crippen molar-refractivity contribution in [2.24, 2.45) is 0 Å². The lowest BCUT2D eigenvalue weighted by Gasteiger charge is -2.25. The van der Waals surface area contributed by atoms with Gasteiger partial charge in [0.2, 0.25) is 0 Å². The summed E-state index contributed by atoms with van der Waals surface area (Å²) in [5, 5.41) is 42.5. The summed E-state index contributed by atoms with van der Waals surface area (Å²) in [7, 11) is 0. The third kappa shape index (κ3) is 2.08. The predicted molar refractivity (Wildman–Crippen MR) is 112 cm³/mol. The zero-order valence-corrected chi connectivity index (χ0v) is 17.9. The van der Waals surface area contributed by atoms with E-state index in [4.69, 9.17) is 0 Å². The largest absolute Gasteiger partial charge is 0.389 e. The lowest BCUT2D eigenvalue weighted by atomic mass is 9.79. The summed E-state index contributed by atoms with van der Waals surface area (Å²) in [4.78, 5) is 0. The first-order valence-corrected chi connectivity index (χ1v) is 10.4. The van der Waals surface area contributed by atoms with Gasteiger partial charge in [0.25, 0.3) is 0 Å². The molecule has 0 spiro atoms. The van der Waals surface area contributed by atoms with Crippen molar-refractivity contribution in [1.29, 1.82) is 0 Å². The second-order valence-corrected chi connectivity index (χ2v) is 10.8. The highest BCUT2D eigenvalue weighted by atomic mass is 16.3. The highest BCUT2D eigenvalue weighted by molar-refractivity contribution is 5.84. The van der Waals surface area contributed by atoms with Crippen molar-refractivity contribution in [3.8, 4) is 11.1 Å². The van der Waals surface area contributed by atoms with E-state index in [1.54, 1.807) is 0 Å². The first-order valence-electron chi connectivity index (χ1n) is 10.4. The van der Waals surface area contributed by atoms with E-state index in [-0.39, 0.29) is 5.41 Å². The van der Waals surface area contributed by atoms with Gasteiger partial charge in [0.15, 0.2) is 0 Å². The minimum atomic E-state index is -0.884. The van der Waals surface area contributed by atoms with E-state index in [0.717, 1.165) is 44.5 Å². The van der Waals surface area contributed by atoms with Crippen molar-refractivity contribution >= 4 is 0 Å². The molecule has 3 aliphatic rings. The first-order chi connectivity index (χ1) is 13.3. The van der Waals surface area contributed by atoms with Crippen molar-refractivity contribution < 1.29 is 20.4 Å². The quantitative estimate of drug-likeness (QED) is 0.552. The normalized spacial score (nSPS) is 31.9. The third-order valence-electron chi connectivity index (χ3n) is 8.12. The number of benzene rings is 2. The molecule has 0 aliphatic heterocycles. The van der Waals surface area contributed by atoms with Gasteiger partial charge in [0, 0.05) is 16.2 Å². The van der Waals surface area contributed by atoms with Gasteiger partial charge < -0.3 is 20.4 Å². The SMILES string of the molecule is CC1(C)c2cc3c(cc2-c2cc4c(cc21)[C@H](O)[C@H](O)C4(C)C)C(C)(C)[C@H](O)[C@@H]3O. The molecule has 3 aliphatic carbocycles. The van der Waals surface area contributed by atoms with E-state index < -0.39 is 35.2 Å². The van der Waals surface area contributed by atoms with Crippen LogP contribution in [0.1, 0.15) is 87.1 Å². The fraction of sp³-hybridized carbons (Fsp3) is 0.520. The molecule has 4 heteroatoms. The molecule has 5 rings (SSSR count). The molecule has 0 heterocycles. The molecule has 4 N–H and O–H groups in total. The van der Waals surface area contributed by atoms with Crippen molar-refractivity contribution in [2.75, 3.05) is 0 Å². The van der Waals surface area contributed by atoms with Gasteiger partial charge in [-0.15, -0.1) is 0 Å². The molecular weight excluding hydrogens is 364 g/mol. The predicted octanol–water partition coefficient (Wildman–Crippen LogP) is 3.36. The van der Waals surface area contributed by atoms with Crippen LogP contribution < -0.4 is 0 Å². The molecule has 0 unspecified atom stereocenters. The van der Waals surface area contributed by atoms with Crippen LogP contribution in [0.5, 0.6) is 0 Å². The van der Waals surface area contributed by atoms with Crippen molar-refractivity contribution in [3.05, 3.63) is 57.6 Å². The molecule has 2 aromatic carbocycles. The van der Waals surface area contributed by atoms with E-state index in [0.29, 0.717) is 0 Å². The molecule has 0 aromatic heterocycles. The zero-order chi connectivity index (χ0) is 21.3. The fourth-order valence-corrected chi connectivity index (χ4v) is 5.91. The van der Waals surface area contributed by atoms with Gasteiger partial charge in [0.05, 0.1) is 12.2 Å². The maximum Gasteiger partial charge on any atom is 0.106 e. The maximum atomic E-state index is 10.7. The van der Waals surface area contributed by atoms with Gasteiger partial charge in [-0.05, 0) is 56.6 Å². The van der Waals surface area contributed by atoms with Crippen LogP contribution in [-0.2, 0) is 16.2 Å². The average molecular weight is 395 g/mol. The first kappa shape index (κ1) is 19.3. The van der Waals surface area contributed by atoms with E-state index in [9.17, 15) is 20.4 Å². The Hall–Kier alpha value is -1.72. The zero-order valence-electron chi connectivity index (χ0n) is 17.9. The Bertz CT molecular complexity index is 979. The molecule has 0 amide bonds. The molecular formula is C25H30O4. The Morgan fingerprint density at radius 2 is 0.897 bits per heavy atom. The number of fused-ring (bicyclic) bond motifs is 5. The van der Waals surface area contributed by atoms with E-state index in [1.165, 1.54) is 0 Å². The molecule has 4 atom stereocenters. The van der Waals surface area contributed by atoms with Crippen LogP contribution in [0.25, 0.3) is 11.1 Å². The molecule has 2 aromatic rings. The lowest BCUT2D eigenvalue weighted by Crippen LogP contribution is -2.31. The number of rotatable bonds is 0. The Morgan fingerprint density at radius 1 is 0.552 bits per heavy atom. The molecule has 0 fully saturated rings. The Morgan fingerprint density at radius 3 is 1.24 bits per heavy atom. The Balaban J connectivity index is 1.80. The summed E-state index contributed by atoms with van der Waals surface area (Å²) < 4.78 is 0. The van der Waals surface area contributed by atoms with E-state index in [2.05, 4.69) is 38.1 Å². The number of aliphatic hydroxyl groups excluding tert-OH is 4. The van der Waals surface area contributed by atoms with Crippen LogP contribution in [0.3, 0.4) is 0 Å². The smallest absolute Gasteiger partial charge is 0.106 e. The van der Waals surface area contributed by atoms with Crippen LogP contribution in [0.2, 0.25) is 0 Å². The van der Waals surface area contributed by atoms with Crippen LogP contribution in [-0.4, -0.2) is 32.6 Å². The Labute approximate surface area is 171 Å². The lowest BCUT2D eigenvalue weighted by molar-refractivity contribution is -0.00497. The topological polar surface area (TPSA) is 80.9 Å². The van der Waals surface area contributed by atoms with Crippen LogP contribution >= 0.6 is 0 Å². The standard InChI is InChI=1S/C25H30O4/c1-23(2)15-9-13-17(24(3,4)21(28)19(13)26)7-11(15)12-8-18-14(10-16(12)23)20(27)22(29)25(18,5)6/h7-10,19-22,26-29H,1-6H3/t19-,20+,21-,22+. The molecule has 4 nitrogen and oxygen atoms in total.